The minimum atomic E-state index is 0.469. The second-order valence-corrected chi connectivity index (χ2v) is 2.26. The Bertz CT molecular complexity index is 207. The van der Waals surface area contributed by atoms with E-state index in [9.17, 15) is 0 Å². The van der Waals surface area contributed by atoms with Crippen molar-refractivity contribution in [3.05, 3.63) is 11.8 Å². The third-order valence-corrected chi connectivity index (χ3v) is 1.26. The summed E-state index contributed by atoms with van der Waals surface area (Å²) in [6, 6.07) is 0. The maximum Gasteiger partial charge on any atom is 0.175 e. The molecule has 0 bridgehead atoms. The van der Waals surface area contributed by atoms with E-state index in [0.29, 0.717) is 6.54 Å². The molecule has 0 spiro atoms. The van der Waals surface area contributed by atoms with Gasteiger partial charge < -0.3 is 15.2 Å². The topological polar surface area (TPSA) is 55.3 Å². The Labute approximate surface area is 59.6 Å². The van der Waals surface area contributed by atoms with Gasteiger partial charge >= 0.3 is 0 Å². The molecule has 0 saturated heterocycles. The monoisotopic (exact) mass is 141 g/mol. The van der Waals surface area contributed by atoms with E-state index in [1.165, 1.54) is 0 Å². The Morgan fingerprint density at radius 1 is 1.70 bits per heavy atom. The maximum atomic E-state index is 5.41. The van der Waals surface area contributed by atoms with Gasteiger partial charge in [0.25, 0.3) is 0 Å². The van der Waals surface area contributed by atoms with E-state index in [0.717, 1.165) is 11.4 Å². The van der Waals surface area contributed by atoms with Crippen LogP contribution in [-0.4, -0.2) is 19.3 Å². The molecule has 2 N–H and O–H groups in total. The summed E-state index contributed by atoms with van der Waals surface area (Å²) in [7, 11) is 3.80. The smallest absolute Gasteiger partial charge is 0.175 e. The summed E-state index contributed by atoms with van der Waals surface area (Å²) in [5, 5.41) is 3.76. The van der Waals surface area contributed by atoms with Crippen LogP contribution >= 0.6 is 0 Å². The van der Waals surface area contributed by atoms with Crippen molar-refractivity contribution < 1.29 is 4.52 Å². The highest BCUT2D eigenvalue weighted by molar-refractivity contribution is 5.42. The molecule has 0 aliphatic carbocycles. The van der Waals surface area contributed by atoms with Gasteiger partial charge in [-0.05, 0) is 0 Å². The van der Waals surface area contributed by atoms with Crippen molar-refractivity contribution in [2.24, 2.45) is 5.73 Å². The number of aromatic nitrogens is 1. The van der Waals surface area contributed by atoms with E-state index < -0.39 is 0 Å². The van der Waals surface area contributed by atoms with E-state index in [4.69, 9.17) is 10.3 Å². The fourth-order valence-electron chi connectivity index (χ4n) is 0.759. The van der Waals surface area contributed by atoms with Gasteiger partial charge in [0.05, 0.1) is 0 Å². The van der Waals surface area contributed by atoms with Crippen LogP contribution in [0.3, 0.4) is 0 Å². The zero-order valence-electron chi connectivity index (χ0n) is 6.16. The molecule has 1 heterocycles. The molecule has 1 aromatic heterocycles. The van der Waals surface area contributed by atoms with Crippen LogP contribution in [0, 0.1) is 0 Å². The largest absolute Gasteiger partial charge is 0.362 e. The lowest BCUT2D eigenvalue weighted by Crippen LogP contribution is -2.12. The van der Waals surface area contributed by atoms with Crippen LogP contribution in [0.5, 0.6) is 0 Å². The van der Waals surface area contributed by atoms with Crippen LogP contribution in [0.15, 0.2) is 10.8 Å². The van der Waals surface area contributed by atoms with E-state index in [1.54, 1.807) is 6.26 Å². The van der Waals surface area contributed by atoms with Gasteiger partial charge in [0.2, 0.25) is 0 Å². The summed E-state index contributed by atoms with van der Waals surface area (Å²) in [5.74, 6) is 0.808. The number of nitrogens with zero attached hydrogens (tertiary/aromatic N) is 2. The Morgan fingerprint density at radius 2 is 2.40 bits per heavy atom. The summed E-state index contributed by atoms with van der Waals surface area (Å²) in [4.78, 5) is 1.87. The van der Waals surface area contributed by atoms with Crippen molar-refractivity contribution in [1.29, 1.82) is 0 Å². The molecule has 0 fully saturated rings. The van der Waals surface area contributed by atoms with Gasteiger partial charge in [-0.15, -0.1) is 0 Å². The normalized spacial score (nSPS) is 9.90. The van der Waals surface area contributed by atoms with Crippen LogP contribution in [0.2, 0.25) is 0 Å². The molecule has 0 saturated carbocycles. The van der Waals surface area contributed by atoms with E-state index in [-0.39, 0.29) is 0 Å². The van der Waals surface area contributed by atoms with Gasteiger partial charge in [0, 0.05) is 26.2 Å². The molecular formula is C6H11N3O. The molecule has 0 amide bonds. The van der Waals surface area contributed by atoms with Crippen molar-refractivity contribution in [2.75, 3.05) is 19.0 Å². The molecule has 0 aliphatic rings. The molecule has 1 rings (SSSR count). The van der Waals surface area contributed by atoms with Gasteiger partial charge in [-0.2, -0.15) is 0 Å². The molecule has 0 atom stereocenters. The van der Waals surface area contributed by atoms with Gasteiger partial charge in [0.1, 0.15) is 6.26 Å². The van der Waals surface area contributed by atoms with Crippen LogP contribution < -0.4 is 10.6 Å². The molecule has 10 heavy (non-hydrogen) atoms. The molecule has 0 aliphatic heterocycles. The third kappa shape index (κ3) is 1.11. The second-order valence-electron chi connectivity index (χ2n) is 2.26. The summed E-state index contributed by atoms with van der Waals surface area (Å²) in [6.07, 6.45) is 1.56. The standard InChI is InChI=1S/C6H11N3O/c1-9(2)6-5(3-7)4-10-8-6/h4H,3,7H2,1-2H3. The van der Waals surface area contributed by atoms with Crippen LogP contribution in [0.25, 0.3) is 0 Å². The van der Waals surface area contributed by atoms with Crippen LogP contribution in [-0.2, 0) is 6.54 Å². The third-order valence-electron chi connectivity index (χ3n) is 1.26. The second kappa shape index (κ2) is 2.70. The number of anilines is 1. The lowest BCUT2D eigenvalue weighted by molar-refractivity contribution is 0.419. The fraction of sp³-hybridized carbons (Fsp3) is 0.500. The first-order valence-corrected chi connectivity index (χ1v) is 3.06. The zero-order valence-corrected chi connectivity index (χ0v) is 6.16. The van der Waals surface area contributed by atoms with Crippen LogP contribution in [0.1, 0.15) is 5.56 Å². The highest BCUT2D eigenvalue weighted by Gasteiger charge is 2.06. The van der Waals surface area contributed by atoms with Crippen molar-refractivity contribution >= 4 is 5.82 Å². The summed E-state index contributed by atoms with van der Waals surface area (Å²) in [6.45, 7) is 0.469. The van der Waals surface area contributed by atoms with Gasteiger partial charge in [-0.3, -0.25) is 0 Å². The summed E-state index contributed by atoms with van der Waals surface area (Å²) >= 11 is 0. The first kappa shape index (κ1) is 7.08. The lowest BCUT2D eigenvalue weighted by atomic mass is 10.3. The van der Waals surface area contributed by atoms with Crippen LogP contribution in [0.4, 0.5) is 5.82 Å². The average molecular weight is 141 g/mol. The van der Waals surface area contributed by atoms with Crippen molar-refractivity contribution in [1.82, 2.24) is 5.16 Å². The van der Waals surface area contributed by atoms with Gasteiger partial charge in [0.15, 0.2) is 5.82 Å². The summed E-state index contributed by atoms with van der Waals surface area (Å²) < 4.78 is 4.73. The summed E-state index contributed by atoms with van der Waals surface area (Å²) in [5.41, 5.74) is 6.34. The first-order valence-electron chi connectivity index (χ1n) is 3.06. The maximum absolute atomic E-state index is 5.41. The predicted octanol–water partition coefficient (Wildman–Crippen LogP) is 0.199. The highest BCUT2D eigenvalue weighted by atomic mass is 16.5. The number of hydrogen-bond acceptors (Lipinski definition) is 4. The van der Waals surface area contributed by atoms with E-state index >= 15 is 0 Å². The highest BCUT2D eigenvalue weighted by Crippen LogP contribution is 2.13. The zero-order chi connectivity index (χ0) is 7.56. The predicted molar refractivity (Wildman–Crippen MR) is 38.7 cm³/mol. The van der Waals surface area contributed by atoms with Crippen molar-refractivity contribution in [3.63, 3.8) is 0 Å². The molecule has 0 aromatic carbocycles. The Balaban J connectivity index is 2.90. The quantitative estimate of drug-likeness (QED) is 0.639. The first-order chi connectivity index (χ1) is 4.75. The van der Waals surface area contributed by atoms with Gasteiger partial charge in [-0.25, -0.2) is 0 Å². The molecule has 4 nitrogen and oxygen atoms in total. The molecule has 4 heteroatoms. The molecule has 1 aromatic rings. The number of nitrogens with two attached hydrogens (primary N) is 1. The van der Waals surface area contributed by atoms with E-state index in [1.807, 2.05) is 19.0 Å². The SMILES string of the molecule is CN(C)c1nocc1CN. The minimum Gasteiger partial charge on any atom is -0.362 e. The lowest BCUT2D eigenvalue weighted by Gasteiger charge is -2.07. The Kier molecular flexibility index (Phi) is 1.91. The molecular weight excluding hydrogens is 130 g/mol. The van der Waals surface area contributed by atoms with Crippen molar-refractivity contribution in [2.45, 2.75) is 6.54 Å². The molecule has 0 unspecified atom stereocenters. The fourth-order valence-corrected chi connectivity index (χ4v) is 0.759. The molecule has 56 valence electrons. The number of rotatable bonds is 2. The van der Waals surface area contributed by atoms with E-state index in [2.05, 4.69) is 5.16 Å². The number of hydrogen-bond donors (Lipinski definition) is 1. The Morgan fingerprint density at radius 3 is 2.80 bits per heavy atom. The Hall–Kier alpha value is -1.03. The minimum absolute atomic E-state index is 0.469. The molecule has 0 radical (unpaired) electrons. The van der Waals surface area contributed by atoms with Crippen molar-refractivity contribution in [3.8, 4) is 0 Å². The average Bonchev–Trinajstić information content (AvgIpc) is 2.33. The van der Waals surface area contributed by atoms with Gasteiger partial charge in [-0.1, -0.05) is 5.16 Å².